The fourth-order valence-corrected chi connectivity index (χ4v) is 2.54. The molecule has 1 aromatic rings. The molecule has 5 heteroatoms. The lowest BCUT2D eigenvalue weighted by atomic mass is 9.98. The van der Waals surface area contributed by atoms with E-state index in [1.54, 1.807) is 12.0 Å². The molecule has 2 rings (SSSR count). The molecule has 1 aliphatic rings. The van der Waals surface area contributed by atoms with Crippen molar-refractivity contribution < 1.29 is 14.7 Å². The summed E-state index contributed by atoms with van der Waals surface area (Å²) < 4.78 is 5.07. The fraction of sp³-hybridized carbons (Fsp3) is 0.467. The summed E-state index contributed by atoms with van der Waals surface area (Å²) in [6.45, 7) is 3.12. The van der Waals surface area contributed by atoms with Crippen LogP contribution in [0.2, 0.25) is 0 Å². The van der Waals surface area contributed by atoms with Gasteiger partial charge in [0, 0.05) is 38.7 Å². The second kappa shape index (κ2) is 6.52. The summed E-state index contributed by atoms with van der Waals surface area (Å²) >= 11 is 0. The number of nitrogens with zero attached hydrogens (tertiary/aromatic N) is 2. The summed E-state index contributed by atoms with van der Waals surface area (Å²) in [5, 5.41) is 12.4. The lowest BCUT2D eigenvalue weighted by molar-refractivity contribution is -0.119. The third kappa shape index (κ3) is 2.99. The Balaban J connectivity index is 2.20. The summed E-state index contributed by atoms with van der Waals surface area (Å²) in [6, 6.07) is 7.53. The molecule has 1 aromatic carbocycles. The number of hydrogen-bond donors (Lipinski definition) is 1. The zero-order valence-corrected chi connectivity index (χ0v) is 11.9. The van der Waals surface area contributed by atoms with E-state index in [1.165, 1.54) is 0 Å². The van der Waals surface area contributed by atoms with E-state index in [-0.39, 0.29) is 11.8 Å². The van der Waals surface area contributed by atoms with E-state index in [2.05, 4.69) is 5.16 Å². The first kappa shape index (κ1) is 14.5. The van der Waals surface area contributed by atoms with Crippen LogP contribution in [0.25, 0.3) is 0 Å². The van der Waals surface area contributed by atoms with Crippen LogP contribution >= 0.6 is 0 Å². The van der Waals surface area contributed by atoms with E-state index < -0.39 is 0 Å². The van der Waals surface area contributed by atoms with Gasteiger partial charge < -0.3 is 14.8 Å². The van der Waals surface area contributed by atoms with Gasteiger partial charge in [-0.15, -0.1) is 0 Å². The maximum absolute atomic E-state index is 12.4. The number of rotatable bonds is 4. The van der Waals surface area contributed by atoms with Gasteiger partial charge in [-0.05, 0) is 12.0 Å². The Morgan fingerprint density at radius 2 is 2.25 bits per heavy atom. The number of hydrogen-bond acceptors (Lipinski definition) is 4. The Labute approximate surface area is 118 Å². The van der Waals surface area contributed by atoms with Crippen LogP contribution in [0.1, 0.15) is 25.3 Å². The molecule has 5 nitrogen and oxygen atoms in total. The average molecular weight is 276 g/mol. The summed E-state index contributed by atoms with van der Waals surface area (Å²) in [7, 11) is 1.64. The van der Waals surface area contributed by atoms with Crippen LogP contribution in [0.15, 0.2) is 29.4 Å². The first-order valence-electron chi connectivity index (χ1n) is 6.77. The number of benzene rings is 1. The van der Waals surface area contributed by atoms with Crippen molar-refractivity contribution in [2.75, 3.05) is 25.2 Å². The normalized spacial score (nSPS) is 17.9. The van der Waals surface area contributed by atoms with Gasteiger partial charge in [0.25, 0.3) is 0 Å². The molecule has 0 spiro atoms. The lowest BCUT2D eigenvalue weighted by Crippen LogP contribution is -2.38. The van der Waals surface area contributed by atoms with Crippen LogP contribution in [0, 0.1) is 5.92 Å². The van der Waals surface area contributed by atoms with Crippen molar-refractivity contribution in [1.29, 1.82) is 0 Å². The zero-order valence-electron chi connectivity index (χ0n) is 11.9. The Morgan fingerprint density at radius 1 is 1.50 bits per heavy atom. The molecule has 108 valence electrons. The Hall–Kier alpha value is -1.88. The number of amides is 1. The van der Waals surface area contributed by atoms with Crippen molar-refractivity contribution in [3.63, 3.8) is 0 Å². The molecule has 0 aromatic heterocycles. The highest BCUT2D eigenvalue weighted by molar-refractivity contribution is 6.11. The highest BCUT2D eigenvalue weighted by atomic mass is 16.5. The number of fused-ring (bicyclic) bond motifs is 1. The van der Waals surface area contributed by atoms with E-state index in [1.807, 2.05) is 31.2 Å². The molecule has 1 heterocycles. The summed E-state index contributed by atoms with van der Waals surface area (Å²) in [5.74, 6) is 0.270. The molecule has 0 radical (unpaired) electrons. The lowest BCUT2D eigenvalue weighted by Gasteiger charge is -2.30. The average Bonchev–Trinajstić information content (AvgIpc) is 2.46. The van der Waals surface area contributed by atoms with Gasteiger partial charge in [0.15, 0.2) is 0 Å². The number of carbonyl (C=O) groups is 1. The predicted octanol–water partition coefficient (Wildman–Crippen LogP) is 2.27. The Morgan fingerprint density at radius 3 is 2.95 bits per heavy atom. The molecule has 0 saturated heterocycles. The highest BCUT2D eigenvalue weighted by Gasteiger charge is 2.26. The topological polar surface area (TPSA) is 62.1 Å². The molecular weight excluding hydrogens is 256 g/mol. The molecule has 1 amide bonds. The second-order valence-corrected chi connectivity index (χ2v) is 5.12. The van der Waals surface area contributed by atoms with E-state index in [0.717, 1.165) is 11.3 Å². The van der Waals surface area contributed by atoms with E-state index in [9.17, 15) is 4.79 Å². The number of ether oxygens (including phenoxy) is 1. The Kier molecular flexibility index (Phi) is 4.74. The van der Waals surface area contributed by atoms with Gasteiger partial charge in [0.2, 0.25) is 5.91 Å². The minimum Gasteiger partial charge on any atom is -0.411 e. The van der Waals surface area contributed by atoms with Gasteiger partial charge in [-0.1, -0.05) is 30.3 Å². The molecule has 0 fully saturated rings. The van der Waals surface area contributed by atoms with E-state index in [0.29, 0.717) is 31.7 Å². The first-order chi connectivity index (χ1) is 9.67. The molecule has 1 atom stereocenters. The minimum absolute atomic E-state index is 0.0824. The molecule has 0 aliphatic carbocycles. The van der Waals surface area contributed by atoms with Gasteiger partial charge in [0.05, 0.1) is 11.4 Å². The van der Waals surface area contributed by atoms with Crippen molar-refractivity contribution in [1.82, 2.24) is 0 Å². The third-order valence-corrected chi connectivity index (χ3v) is 3.47. The van der Waals surface area contributed by atoms with Gasteiger partial charge in [-0.3, -0.25) is 4.79 Å². The summed E-state index contributed by atoms with van der Waals surface area (Å²) in [4.78, 5) is 14.2. The van der Waals surface area contributed by atoms with Crippen molar-refractivity contribution in [2.24, 2.45) is 11.1 Å². The SMILES string of the molecule is COCC(C)CC(=O)N1CC/C(=N/O)c2ccccc21. The van der Waals surface area contributed by atoms with Crippen LogP contribution < -0.4 is 4.90 Å². The summed E-state index contributed by atoms with van der Waals surface area (Å²) in [5.41, 5.74) is 2.28. The number of methoxy groups -OCH3 is 1. The monoisotopic (exact) mass is 276 g/mol. The van der Waals surface area contributed by atoms with Crippen LogP contribution in [-0.2, 0) is 9.53 Å². The van der Waals surface area contributed by atoms with E-state index in [4.69, 9.17) is 9.94 Å². The molecular formula is C15H20N2O3. The number of oxime groups is 1. The second-order valence-electron chi connectivity index (χ2n) is 5.12. The van der Waals surface area contributed by atoms with Gasteiger partial charge in [0.1, 0.15) is 0 Å². The van der Waals surface area contributed by atoms with Crippen molar-refractivity contribution in [3.8, 4) is 0 Å². The Bertz CT molecular complexity index is 514. The molecule has 1 aliphatic heterocycles. The van der Waals surface area contributed by atoms with Crippen LogP contribution in [0.4, 0.5) is 5.69 Å². The van der Waals surface area contributed by atoms with Crippen molar-refractivity contribution in [2.45, 2.75) is 19.8 Å². The van der Waals surface area contributed by atoms with Crippen molar-refractivity contribution >= 4 is 17.3 Å². The van der Waals surface area contributed by atoms with Crippen LogP contribution in [-0.4, -0.2) is 37.1 Å². The number of para-hydroxylation sites is 1. The molecule has 0 saturated carbocycles. The molecule has 1 unspecified atom stereocenters. The highest BCUT2D eigenvalue weighted by Crippen LogP contribution is 2.28. The molecule has 0 bridgehead atoms. The number of carbonyl (C=O) groups excluding carboxylic acids is 1. The maximum atomic E-state index is 12.4. The fourth-order valence-electron chi connectivity index (χ4n) is 2.54. The van der Waals surface area contributed by atoms with Gasteiger partial charge in [-0.25, -0.2) is 0 Å². The van der Waals surface area contributed by atoms with Crippen LogP contribution in [0.5, 0.6) is 0 Å². The largest absolute Gasteiger partial charge is 0.411 e. The first-order valence-corrected chi connectivity index (χ1v) is 6.77. The quantitative estimate of drug-likeness (QED) is 0.678. The van der Waals surface area contributed by atoms with Gasteiger partial charge in [-0.2, -0.15) is 0 Å². The standard InChI is InChI=1S/C15H20N2O3/c1-11(10-20-2)9-15(18)17-8-7-13(16-19)12-5-3-4-6-14(12)17/h3-6,11,19H,7-10H2,1-2H3/b16-13-. The summed E-state index contributed by atoms with van der Waals surface area (Å²) in [6.07, 6.45) is 1.02. The van der Waals surface area contributed by atoms with Gasteiger partial charge >= 0.3 is 0 Å². The zero-order chi connectivity index (χ0) is 14.5. The third-order valence-electron chi connectivity index (χ3n) is 3.47. The maximum Gasteiger partial charge on any atom is 0.227 e. The predicted molar refractivity (Wildman–Crippen MR) is 77.4 cm³/mol. The smallest absolute Gasteiger partial charge is 0.227 e. The number of anilines is 1. The minimum atomic E-state index is 0.0824. The molecule has 20 heavy (non-hydrogen) atoms. The molecule has 1 N–H and O–H groups in total. The van der Waals surface area contributed by atoms with Crippen LogP contribution in [0.3, 0.4) is 0 Å². The van der Waals surface area contributed by atoms with Crippen molar-refractivity contribution in [3.05, 3.63) is 29.8 Å². The van der Waals surface area contributed by atoms with E-state index >= 15 is 0 Å².